The fraction of sp³-hybridized carbons (Fsp3) is 0.533. The third-order valence-corrected chi connectivity index (χ3v) is 5.65. The van der Waals surface area contributed by atoms with Crippen LogP contribution in [0.25, 0.3) is 0 Å². The zero-order chi connectivity index (χ0) is 23.2. The number of aryl methyl sites for hydroxylation is 4. The van der Waals surface area contributed by atoms with Crippen LogP contribution < -0.4 is 0 Å². The van der Waals surface area contributed by atoms with Crippen molar-refractivity contribution >= 4 is 23.3 Å². The summed E-state index contributed by atoms with van der Waals surface area (Å²) in [6.07, 6.45) is 14.4. The second-order valence-corrected chi connectivity index (χ2v) is 8.98. The number of hydrogen-bond acceptors (Lipinski definition) is 2. The summed E-state index contributed by atoms with van der Waals surface area (Å²) in [5, 5.41) is 0. The summed E-state index contributed by atoms with van der Waals surface area (Å²) in [4.78, 5) is 9.99. The smallest absolute Gasteiger partial charge is 0.0639 e. The summed E-state index contributed by atoms with van der Waals surface area (Å²) in [6, 6.07) is 13.7. The molecule has 0 aromatic heterocycles. The Morgan fingerprint density at radius 2 is 1.03 bits per heavy atom. The van der Waals surface area contributed by atoms with Crippen LogP contribution in [0.4, 0.5) is 11.4 Å². The minimum Gasteiger partial charge on any atom is -0.255 e. The molecule has 2 rings (SSSR count). The first-order chi connectivity index (χ1) is 15.6. The van der Waals surface area contributed by atoms with Crippen LogP contribution in [0.5, 0.6) is 0 Å². The molecule has 33 heavy (non-hydrogen) atoms. The minimum atomic E-state index is 0. The molecule has 0 fully saturated rings. The number of benzene rings is 2. The number of nitrogens with zero attached hydrogens (tertiary/aromatic N) is 2. The summed E-state index contributed by atoms with van der Waals surface area (Å²) in [7, 11) is 0. The Kier molecular flexibility index (Phi) is 14.9. The van der Waals surface area contributed by atoms with Crippen molar-refractivity contribution in [3.05, 3.63) is 58.7 Å². The topological polar surface area (TPSA) is 24.7 Å². The van der Waals surface area contributed by atoms with E-state index in [0.29, 0.717) is 0 Å². The Morgan fingerprint density at radius 3 is 1.42 bits per heavy atom. The third-order valence-electron chi connectivity index (χ3n) is 5.65. The van der Waals surface area contributed by atoms with Gasteiger partial charge in [-0.05, 0) is 85.0 Å². The summed E-state index contributed by atoms with van der Waals surface area (Å²) in [5.74, 6) is 0. The van der Waals surface area contributed by atoms with Crippen LogP contribution in [-0.4, -0.2) is 11.9 Å². The molecule has 2 aromatic rings. The summed E-state index contributed by atoms with van der Waals surface area (Å²) in [6.45, 7) is 11.2. The van der Waals surface area contributed by atoms with E-state index >= 15 is 0 Å². The first-order valence-corrected chi connectivity index (χ1v) is 13.0. The van der Waals surface area contributed by atoms with Crippen molar-refractivity contribution in [3.63, 3.8) is 0 Å². The van der Waals surface area contributed by atoms with Gasteiger partial charge in [-0.15, -0.1) is 0 Å². The van der Waals surface area contributed by atoms with E-state index < -0.39 is 0 Å². The number of unbranched alkanes of at least 4 members (excludes halogenated alkanes) is 1. The van der Waals surface area contributed by atoms with Crippen LogP contribution in [0.15, 0.2) is 46.4 Å². The molecular weight excluding hydrogens is 447 g/mol. The van der Waals surface area contributed by atoms with Crippen LogP contribution in [0.2, 0.25) is 0 Å². The average molecular weight is 491 g/mol. The van der Waals surface area contributed by atoms with Crippen molar-refractivity contribution in [2.75, 3.05) is 0 Å². The van der Waals surface area contributed by atoms with Crippen LogP contribution >= 0.6 is 0 Å². The zero-order valence-corrected chi connectivity index (χ0v) is 22.5. The van der Waals surface area contributed by atoms with Gasteiger partial charge in [0, 0.05) is 22.7 Å². The zero-order valence-electron chi connectivity index (χ0n) is 21.5. The van der Waals surface area contributed by atoms with E-state index in [9.17, 15) is 0 Å². The van der Waals surface area contributed by atoms with Gasteiger partial charge in [0.1, 0.15) is 0 Å². The Morgan fingerprint density at radius 1 is 0.606 bits per heavy atom. The number of aliphatic imine (C=N–C) groups is 2. The van der Waals surface area contributed by atoms with Gasteiger partial charge >= 0.3 is 0 Å². The maximum absolute atomic E-state index is 5.08. The van der Waals surface area contributed by atoms with Crippen LogP contribution in [0.3, 0.4) is 0 Å². The van der Waals surface area contributed by atoms with Crippen molar-refractivity contribution < 1.29 is 16.5 Å². The molecule has 0 aliphatic heterocycles. The molecule has 0 saturated heterocycles. The van der Waals surface area contributed by atoms with E-state index in [-0.39, 0.29) is 16.5 Å². The van der Waals surface area contributed by atoms with E-state index in [0.717, 1.165) is 87.7 Å². The molecule has 0 atom stereocenters. The van der Waals surface area contributed by atoms with Crippen molar-refractivity contribution in [2.45, 2.75) is 105 Å². The first-order valence-electron chi connectivity index (χ1n) is 13.0. The monoisotopic (exact) mass is 490 g/mol. The van der Waals surface area contributed by atoms with E-state index in [2.05, 4.69) is 71.0 Å². The van der Waals surface area contributed by atoms with E-state index in [1.54, 1.807) is 0 Å². The second-order valence-electron chi connectivity index (χ2n) is 8.98. The average Bonchev–Trinajstić information content (AvgIpc) is 2.76. The molecule has 0 bridgehead atoms. The van der Waals surface area contributed by atoms with Crippen molar-refractivity contribution in [2.24, 2.45) is 9.98 Å². The Bertz CT molecular complexity index is 834. The van der Waals surface area contributed by atoms with Crippen LogP contribution in [0, 0.1) is 0 Å². The maximum atomic E-state index is 5.08. The van der Waals surface area contributed by atoms with Crippen molar-refractivity contribution in [3.8, 4) is 0 Å². The van der Waals surface area contributed by atoms with E-state index in [4.69, 9.17) is 9.98 Å². The molecule has 2 nitrogen and oxygen atoms in total. The Balaban J connectivity index is 0.00000544. The standard InChI is InChI=1S/C30H44N2.Ni/c1-6-11-16-28(32-30-21-26(14-9-4)18-27(22-30)15-10-5)23-31-29-19-24(12-7-2)17-25(20-29)13-8-3;/h17-23H,6-16H2,1-5H3;. The molecule has 3 heteroatoms. The molecule has 0 spiro atoms. The SMILES string of the molecule is CCCCC(C=Nc1cc(CCC)cc(CCC)c1)=Nc1cc(CCC)cc(CCC)c1.[Ni]. The van der Waals surface area contributed by atoms with Crippen molar-refractivity contribution in [1.29, 1.82) is 0 Å². The van der Waals surface area contributed by atoms with Gasteiger partial charge in [0.25, 0.3) is 0 Å². The van der Waals surface area contributed by atoms with Crippen LogP contribution in [0.1, 0.15) is 102 Å². The van der Waals surface area contributed by atoms with Gasteiger partial charge in [-0.25, -0.2) is 0 Å². The molecule has 0 aliphatic carbocycles. The molecule has 0 unspecified atom stereocenters. The van der Waals surface area contributed by atoms with Gasteiger partial charge < -0.3 is 0 Å². The molecular formula is C30H44N2Ni. The molecule has 0 amide bonds. The first kappa shape index (κ1) is 29.3. The number of hydrogen-bond donors (Lipinski definition) is 0. The predicted octanol–water partition coefficient (Wildman–Crippen LogP) is 9.16. The normalized spacial score (nSPS) is 11.7. The van der Waals surface area contributed by atoms with Gasteiger partial charge in [-0.1, -0.05) is 78.9 Å². The fourth-order valence-electron chi connectivity index (χ4n) is 4.18. The molecule has 184 valence electrons. The van der Waals surface area contributed by atoms with E-state index in [1.807, 2.05) is 6.21 Å². The van der Waals surface area contributed by atoms with Gasteiger partial charge in [0.15, 0.2) is 0 Å². The summed E-state index contributed by atoms with van der Waals surface area (Å²) >= 11 is 0. The fourth-order valence-corrected chi connectivity index (χ4v) is 4.18. The third kappa shape index (κ3) is 10.8. The largest absolute Gasteiger partial charge is 0.255 e. The maximum Gasteiger partial charge on any atom is 0.0639 e. The summed E-state index contributed by atoms with van der Waals surface area (Å²) < 4.78 is 0. The van der Waals surface area contributed by atoms with Gasteiger partial charge in [-0.3, -0.25) is 9.98 Å². The molecule has 0 radical (unpaired) electrons. The molecule has 0 aliphatic rings. The summed E-state index contributed by atoms with van der Waals surface area (Å²) in [5.41, 5.74) is 8.84. The van der Waals surface area contributed by atoms with Gasteiger partial charge in [0.05, 0.1) is 17.1 Å². The quantitative estimate of drug-likeness (QED) is 0.186. The Hall–Kier alpha value is -1.73. The minimum absolute atomic E-state index is 0. The Labute approximate surface area is 213 Å². The van der Waals surface area contributed by atoms with Gasteiger partial charge in [-0.2, -0.15) is 0 Å². The van der Waals surface area contributed by atoms with Crippen molar-refractivity contribution in [1.82, 2.24) is 0 Å². The molecule has 0 N–H and O–H groups in total. The van der Waals surface area contributed by atoms with E-state index in [1.165, 1.54) is 22.3 Å². The second kappa shape index (κ2) is 16.8. The van der Waals surface area contributed by atoms with Gasteiger partial charge in [0.2, 0.25) is 0 Å². The van der Waals surface area contributed by atoms with Crippen LogP contribution in [-0.2, 0) is 42.2 Å². The number of rotatable bonds is 14. The molecule has 0 saturated carbocycles. The molecule has 2 aromatic carbocycles. The molecule has 0 heterocycles. The predicted molar refractivity (Wildman–Crippen MR) is 144 cm³/mol.